The summed E-state index contributed by atoms with van der Waals surface area (Å²) >= 11 is 0. The van der Waals surface area contributed by atoms with Gasteiger partial charge >= 0.3 is 6.18 Å². The molecule has 0 spiro atoms. The van der Waals surface area contributed by atoms with E-state index in [0.29, 0.717) is 12.6 Å². The summed E-state index contributed by atoms with van der Waals surface area (Å²) in [6.45, 7) is 2.65. The Hall–Kier alpha value is -1.56. The molecule has 1 saturated carbocycles. The van der Waals surface area contributed by atoms with E-state index in [-0.39, 0.29) is 24.6 Å². The number of halogens is 3. The van der Waals surface area contributed by atoms with Gasteiger partial charge in [0.05, 0.1) is 12.1 Å². The van der Waals surface area contributed by atoms with E-state index in [9.17, 15) is 18.0 Å². The zero-order chi connectivity index (χ0) is 15.5. The Bertz CT molecular complexity index is 498. The number of nitrogens with one attached hydrogen (secondary N) is 1. The first kappa shape index (κ1) is 15.8. The average molecular weight is 300 g/mol. The van der Waals surface area contributed by atoms with Crippen LogP contribution in [0.2, 0.25) is 0 Å². The van der Waals surface area contributed by atoms with Gasteiger partial charge in [0, 0.05) is 19.1 Å². The molecule has 0 unspecified atom stereocenters. The highest BCUT2D eigenvalue weighted by molar-refractivity contribution is 5.78. The number of benzene rings is 1. The number of rotatable bonds is 6. The minimum atomic E-state index is -4.37. The zero-order valence-electron chi connectivity index (χ0n) is 11.9. The minimum absolute atomic E-state index is 0.0314. The molecule has 6 heteroatoms. The second-order valence-corrected chi connectivity index (χ2v) is 5.17. The van der Waals surface area contributed by atoms with Crippen LogP contribution in [0.3, 0.4) is 0 Å². The van der Waals surface area contributed by atoms with Crippen molar-refractivity contribution in [3.8, 4) is 0 Å². The zero-order valence-corrected chi connectivity index (χ0v) is 11.9. The maximum absolute atomic E-state index is 12.8. The van der Waals surface area contributed by atoms with Crippen LogP contribution in [0.25, 0.3) is 0 Å². The van der Waals surface area contributed by atoms with E-state index in [1.807, 2.05) is 6.92 Å². The predicted octanol–water partition coefficient (Wildman–Crippen LogP) is 2.81. The van der Waals surface area contributed by atoms with Gasteiger partial charge in [-0.15, -0.1) is 0 Å². The molecule has 1 amide bonds. The molecule has 0 atom stereocenters. The molecule has 0 bridgehead atoms. The molecule has 0 radical (unpaired) electrons. The average Bonchev–Trinajstić information content (AvgIpc) is 3.23. The number of nitrogens with zero attached hydrogens (tertiary/aromatic N) is 1. The lowest BCUT2D eigenvalue weighted by molar-refractivity contribution is -0.138. The summed E-state index contributed by atoms with van der Waals surface area (Å²) in [6, 6.07) is 5.74. The predicted molar refractivity (Wildman–Crippen MR) is 73.6 cm³/mol. The Balaban J connectivity index is 1.90. The molecular formula is C15H19F3N2O. The van der Waals surface area contributed by atoms with Gasteiger partial charge in [0.25, 0.3) is 0 Å². The van der Waals surface area contributed by atoms with Crippen molar-refractivity contribution >= 4 is 5.91 Å². The third-order valence-electron chi connectivity index (χ3n) is 3.56. The van der Waals surface area contributed by atoms with Crippen LogP contribution in [-0.2, 0) is 17.5 Å². The van der Waals surface area contributed by atoms with Crippen molar-refractivity contribution in [3.63, 3.8) is 0 Å². The Labute approximate surface area is 122 Å². The second kappa shape index (κ2) is 6.47. The summed E-state index contributed by atoms with van der Waals surface area (Å²) in [5.74, 6) is -0.0514. The number of alkyl halides is 3. The van der Waals surface area contributed by atoms with Gasteiger partial charge in [-0.3, -0.25) is 4.79 Å². The highest BCUT2D eigenvalue weighted by Gasteiger charge is 2.33. The van der Waals surface area contributed by atoms with E-state index in [1.165, 1.54) is 12.1 Å². The van der Waals surface area contributed by atoms with Gasteiger partial charge in [-0.05, 0) is 31.4 Å². The molecule has 3 nitrogen and oxygen atoms in total. The number of likely N-dealkylation sites (N-methyl/N-ethyl adjacent to an activating group) is 1. The molecule has 21 heavy (non-hydrogen) atoms. The Morgan fingerprint density at radius 3 is 2.57 bits per heavy atom. The van der Waals surface area contributed by atoms with E-state index in [2.05, 4.69) is 5.32 Å². The minimum Gasteiger partial charge on any atom is -0.339 e. The highest BCUT2D eigenvalue weighted by atomic mass is 19.4. The summed E-state index contributed by atoms with van der Waals surface area (Å²) in [7, 11) is 0. The molecule has 1 aromatic carbocycles. The van der Waals surface area contributed by atoms with E-state index in [1.54, 1.807) is 11.0 Å². The van der Waals surface area contributed by atoms with Gasteiger partial charge in [0.15, 0.2) is 0 Å². The van der Waals surface area contributed by atoms with Gasteiger partial charge in [0.2, 0.25) is 5.91 Å². The van der Waals surface area contributed by atoms with Gasteiger partial charge in [-0.25, -0.2) is 0 Å². The molecule has 0 aromatic heterocycles. The second-order valence-electron chi connectivity index (χ2n) is 5.17. The van der Waals surface area contributed by atoms with Crippen LogP contribution in [0.15, 0.2) is 24.3 Å². The van der Waals surface area contributed by atoms with Crippen LogP contribution >= 0.6 is 0 Å². The highest BCUT2D eigenvalue weighted by Crippen LogP contribution is 2.31. The molecule has 0 aliphatic heterocycles. The molecular weight excluding hydrogens is 281 g/mol. The summed E-state index contributed by atoms with van der Waals surface area (Å²) in [5, 5.41) is 2.82. The molecule has 1 aliphatic rings. The largest absolute Gasteiger partial charge is 0.416 e. The van der Waals surface area contributed by atoms with Gasteiger partial charge in [-0.1, -0.05) is 18.2 Å². The maximum atomic E-state index is 12.8. The molecule has 116 valence electrons. The first-order valence-corrected chi connectivity index (χ1v) is 7.08. The fourth-order valence-electron chi connectivity index (χ4n) is 2.38. The summed E-state index contributed by atoms with van der Waals surface area (Å²) in [6.07, 6.45) is -2.32. The van der Waals surface area contributed by atoms with Crippen molar-refractivity contribution in [1.29, 1.82) is 0 Å². The number of amides is 1. The molecule has 0 saturated heterocycles. The number of hydrogen-bond acceptors (Lipinski definition) is 2. The van der Waals surface area contributed by atoms with Gasteiger partial charge in [-0.2, -0.15) is 13.2 Å². The lowest BCUT2D eigenvalue weighted by atomic mass is 10.1. The fourth-order valence-corrected chi connectivity index (χ4v) is 2.38. The third-order valence-corrected chi connectivity index (χ3v) is 3.56. The first-order valence-electron chi connectivity index (χ1n) is 7.08. The van der Waals surface area contributed by atoms with Crippen LogP contribution in [0.4, 0.5) is 13.2 Å². The first-order chi connectivity index (χ1) is 9.93. The van der Waals surface area contributed by atoms with Gasteiger partial charge in [0.1, 0.15) is 0 Å². The van der Waals surface area contributed by atoms with Crippen molar-refractivity contribution in [2.75, 3.05) is 13.1 Å². The molecule has 1 aromatic rings. The van der Waals surface area contributed by atoms with Crippen molar-refractivity contribution in [2.45, 2.75) is 38.5 Å². The number of hydrogen-bond donors (Lipinski definition) is 1. The smallest absolute Gasteiger partial charge is 0.339 e. The van der Waals surface area contributed by atoms with Crippen LogP contribution in [0.1, 0.15) is 30.9 Å². The Morgan fingerprint density at radius 1 is 1.33 bits per heavy atom. The van der Waals surface area contributed by atoms with Crippen LogP contribution in [0, 0.1) is 0 Å². The van der Waals surface area contributed by atoms with E-state index >= 15 is 0 Å². The van der Waals surface area contributed by atoms with E-state index < -0.39 is 11.7 Å². The quantitative estimate of drug-likeness (QED) is 0.876. The molecule has 0 heterocycles. The van der Waals surface area contributed by atoms with Crippen molar-refractivity contribution in [2.24, 2.45) is 0 Å². The van der Waals surface area contributed by atoms with E-state index in [4.69, 9.17) is 0 Å². The summed E-state index contributed by atoms with van der Waals surface area (Å²) in [4.78, 5) is 13.7. The monoisotopic (exact) mass is 300 g/mol. The third kappa shape index (κ3) is 4.20. The Kier molecular flexibility index (Phi) is 4.88. The normalized spacial score (nSPS) is 15.0. The summed E-state index contributed by atoms with van der Waals surface area (Å²) < 4.78 is 38.5. The standard InChI is InChI=1S/C15H19F3N2O/c1-2-20(12-7-8-12)14(21)10-19-9-11-5-3-4-6-13(11)15(16,17)18/h3-6,12,19H,2,7-10H2,1H3. The molecule has 1 fully saturated rings. The number of carbonyl (C=O) groups is 1. The van der Waals surface area contributed by atoms with Crippen LogP contribution in [0.5, 0.6) is 0 Å². The molecule has 2 rings (SSSR count). The van der Waals surface area contributed by atoms with E-state index in [0.717, 1.165) is 18.9 Å². The number of carbonyl (C=O) groups excluding carboxylic acids is 1. The van der Waals surface area contributed by atoms with Crippen LogP contribution < -0.4 is 5.32 Å². The Morgan fingerprint density at radius 2 is 2.00 bits per heavy atom. The van der Waals surface area contributed by atoms with Crippen molar-refractivity contribution in [3.05, 3.63) is 35.4 Å². The molecule has 1 aliphatic carbocycles. The topological polar surface area (TPSA) is 32.3 Å². The van der Waals surface area contributed by atoms with Gasteiger partial charge < -0.3 is 10.2 Å². The van der Waals surface area contributed by atoms with Crippen molar-refractivity contribution in [1.82, 2.24) is 10.2 Å². The van der Waals surface area contributed by atoms with Crippen LogP contribution in [-0.4, -0.2) is 29.9 Å². The SMILES string of the molecule is CCN(C(=O)CNCc1ccccc1C(F)(F)F)C1CC1. The summed E-state index contributed by atoms with van der Waals surface area (Å²) in [5.41, 5.74) is -0.494. The lowest BCUT2D eigenvalue weighted by Crippen LogP contribution is -2.39. The molecule has 1 N–H and O–H groups in total. The lowest BCUT2D eigenvalue weighted by Gasteiger charge is -2.21. The maximum Gasteiger partial charge on any atom is 0.416 e. The van der Waals surface area contributed by atoms with Crippen molar-refractivity contribution < 1.29 is 18.0 Å². The fraction of sp³-hybridized carbons (Fsp3) is 0.533.